The molecule has 0 aliphatic carbocycles. The van der Waals surface area contributed by atoms with Gasteiger partial charge in [-0.25, -0.2) is 4.98 Å². The van der Waals surface area contributed by atoms with Crippen molar-refractivity contribution >= 4 is 24.0 Å². The SMILES string of the molecule is CCOc1ccc(C(=O)Nc2ccc(C3CNCCO3)cc2)cn1.Cl. The largest absolute Gasteiger partial charge is 0.478 e. The summed E-state index contributed by atoms with van der Waals surface area (Å²) in [6, 6.07) is 11.1. The van der Waals surface area contributed by atoms with E-state index in [0.29, 0.717) is 24.7 Å². The van der Waals surface area contributed by atoms with Crippen molar-refractivity contribution in [2.24, 2.45) is 0 Å². The van der Waals surface area contributed by atoms with E-state index in [1.807, 2.05) is 31.2 Å². The Morgan fingerprint density at radius 2 is 2.12 bits per heavy atom. The second kappa shape index (κ2) is 9.36. The fourth-order valence-corrected chi connectivity index (χ4v) is 2.51. The number of nitrogens with zero attached hydrogens (tertiary/aromatic N) is 1. The molecule has 1 aliphatic rings. The van der Waals surface area contributed by atoms with E-state index < -0.39 is 0 Å². The van der Waals surface area contributed by atoms with E-state index in [2.05, 4.69) is 15.6 Å². The third-order valence-corrected chi connectivity index (χ3v) is 3.76. The molecule has 1 atom stereocenters. The number of hydrogen-bond donors (Lipinski definition) is 2. The maximum absolute atomic E-state index is 12.2. The average molecular weight is 364 g/mol. The molecule has 25 heavy (non-hydrogen) atoms. The fraction of sp³-hybridized carbons (Fsp3) is 0.333. The third-order valence-electron chi connectivity index (χ3n) is 3.76. The monoisotopic (exact) mass is 363 g/mol. The zero-order valence-electron chi connectivity index (χ0n) is 14.0. The van der Waals surface area contributed by atoms with Gasteiger partial charge in [0, 0.05) is 31.0 Å². The molecule has 6 nitrogen and oxygen atoms in total. The predicted octanol–water partition coefficient (Wildman–Crippen LogP) is 2.82. The molecule has 1 aromatic heterocycles. The Balaban J connectivity index is 0.00000225. The van der Waals surface area contributed by atoms with Crippen LogP contribution in [0.25, 0.3) is 0 Å². The summed E-state index contributed by atoms with van der Waals surface area (Å²) in [4.78, 5) is 16.3. The number of amides is 1. The molecule has 1 amide bonds. The minimum atomic E-state index is -0.200. The molecule has 2 N–H and O–H groups in total. The van der Waals surface area contributed by atoms with Crippen LogP contribution in [0.15, 0.2) is 42.6 Å². The number of carbonyl (C=O) groups is 1. The number of anilines is 1. The second-order valence-corrected chi connectivity index (χ2v) is 5.46. The number of aromatic nitrogens is 1. The molecule has 7 heteroatoms. The Morgan fingerprint density at radius 3 is 2.72 bits per heavy atom. The van der Waals surface area contributed by atoms with Gasteiger partial charge in [0.15, 0.2) is 0 Å². The Labute approximate surface area is 153 Å². The van der Waals surface area contributed by atoms with Crippen LogP contribution in [0.5, 0.6) is 5.88 Å². The number of ether oxygens (including phenoxy) is 2. The molecule has 0 spiro atoms. The predicted molar refractivity (Wildman–Crippen MR) is 98.6 cm³/mol. The Kier molecular flexibility index (Phi) is 7.18. The fourth-order valence-electron chi connectivity index (χ4n) is 2.51. The van der Waals surface area contributed by atoms with Crippen molar-refractivity contribution in [1.29, 1.82) is 0 Å². The number of pyridine rings is 1. The van der Waals surface area contributed by atoms with E-state index in [1.165, 1.54) is 6.20 Å². The van der Waals surface area contributed by atoms with Gasteiger partial charge in [-0.15, -0.1) is 12.4 Å². The van der Waals surface area contributed by atoms with Crippen LogP contribution in [0.4, 0.5) is 5.69 Å². The molecular weight excluding hydrogens is 342 g/mol. The first-order valence-corrected chi connectivity index (χ1v) is 8.08. The van der Waals surface area contributed by atoms with E-state index in [4.69, 9.17) is 9.47 Å². The second-order valence-electron chi connectivity index (χ2n) is 5.46. The number of carbonyl (C=O) groups excluding carboxylic acids is 1. The van der Waals surface area contributed by atoms with Gasteiger partial charge in [-0.3, -0.25) is 4.79 Å². The highest BCUT2D eigenvalue weighted by atomic mass is 35.5. The first kappa shape index (κ1) is 19.2. The van der Waals surface area contributed by atoms with E-state index in [9.17, 15) is 4.79 Å². The van der Waals surface area contributed by atoms with Crippen LogP contribution >= 0.6 is 12.4 Å². The molecule has 0 saturated carbocycles. The first-order valence-electron chi connectivity index (χ1n) is 8.08. The Morgan fingerprint density at radius 1 is 1.32 bits per heavy atom. The van der Waals surface area contributed by atoms with Gasteiger partial charge in [-0.2, -0.15) is 0 Å². The van der Waals surface area contributed by atoms with E-state index in [-0.39, 0.29) is 24.4 Å². The summed E-state index contributed by atoms with van der Waals surface area (Å²) in [5.41, 5.74) is 2.33. The maximum Gasteiger partial charge on any atom is 0.257 e. The number of nitrogens with one attached hydrogen (secondary N) is 2. The average Bonchev–Trinajstić information content (AvgIpc) is 2.64. The lowest BCUT2D eigenvalue weighted by Gasteiger charge is -2.24. The van der Waals surface area contributed by atoms with Gasteiger partial charge in [0.05, 0.1) is 24.9 Å². The summed E-state index contributed by atoms with van der Waals surface area (Å²) in [5.74, 6) is 0.313. The molecule has 1 saturated heterocycles. The minimum Gasteiger partial charge on any atom is -0.478 e. The maximum atomic E-state index is 12.2. The van der Waals surface area contributed by atoms with Crippen molar-refractivity contribution in [3.63, 3.8) is 0 Å². The van der Waals surface area contributed by atoms with Crippen molar-refractivity contribution in [1.82, 2.24) is 10.3 Å². The first-order chi connectivity index (χ1) is 11.8. The minimum absolute atomic E-state index is 0. The molecule has 1 aromatic carbocycles. The van der Waals surface area contributed by atoms with E-state index in [0.717, 1.165) is 24.3 Å². The Bertz CT molecular complexity index is 671. The highest BCUT2D eigenvalue weighted by Crippen LogP contribution is 2.21. The number of benzene rings is 1. The normalized spacial score (nSPS) is 16.6. The third kappa shape index (κ3) is 5.16. The molecule has 134 valence electrons. The van der Waals surface area contributed by atoms with Crippen molar-refractivity contribution < 1.29 is 14.3 Å². The lowest BCUT2D eigenvalue weighted by atomic mass is 10.1. The summed E-state index contributed by atoms with van der Waals surface area (Å²) in [7, 11) is 0. The summed E-state index contributed by atoms with van der Waals surface area (Å²) in [6.07, 6.45) is 1.58. The number of halogens is 1. The van der Waals surface area contributed by atoms with Crippen molar-refractivity contribution in [2.45, 2.75) is 13.0 Å². The van der Waals surface area contributed by atoms with Gasteiger partial charge >= 0.3 is 0 Å². The highest BCUT2D eigenvalue weighted by molar-refractivity contribution is 6.04. The van der Waals surface area contributed by atoms with E-state index >= 15 is 0 Å². The van der Waals surface area contributed by atoms with Gasteiger partial charge in [0.2, 0.25) is 5.88 Å². The van der Waals surface area contributed by atoms with Crippen molar-refractivity contribution in [3.8, 4) is 5.88 Å². The van der Waals surface area contributed by atoms with Crippen LogP contribution in [0.1, 0.15) is 28.9 Å². The van der Waals surface area contributed by atoms with Crippen molar-refractivity contribution in [2.75, 3.05) is 31.6 Å². The summed E-state index contributed by atoms with van der Waals surface area (Å²) in [6.45, 7) is 4.85. The van der Waals surface area contributed by atoms with Gasteiger partial charge in [-0.1, -0.05) is 12.1 Å². The number of rotatable bonds is 5. The summed E-state index contributed by atoms with van der Waals surface area (Å²) in [5, 5.41) is 6.17. The number of morpholine rings is 1. The lowest BCUT2D eigenvalue weighted by molar-refractivity contribution is 0.0277. The summed E-state index contributed by atoms with van der Waals surface area (Å²) < 4.78 is 11.0. The number of hydrogen-bond acceptors (Lipinski definition) is 5. The molecule has 1 unspecified atom stereocenters. The Hall–Kier alpha value is -2.15. The molecule has 1 aliphatic heterocycles. The lowest BCUT2D eigenvalue weighted by Crippen LogP contribution is -2.33. The smallest absolute Gasteiger partial charge is 0.257 e. The van der Waals surface area contributed by atoms with Gasteiger partial charge < -0.3 is 20.1 Å². The van der Waals surface area contributed by atoms with Crippen molar-refractivity contribution in [3.05, 3.63) is 53.7 Å². The highest BCUT2D eigenvalue weighted by Gasteiger charge is 2.15. The molecule has 0 bridgehead atoms. The zero-order chi connectivity index (χ0) is 16.8. The van der Waals surface area contributed by atoms with Gasteiger partial charge in [0.25, 0.3) is 5.91 Å². The van der Waals surface area contributed by atoms with Crippen LogP contribution in [-0.4, -0.2) is 37.2 Å². The standard InChI is InChI=1S/C18H21N3O3.ClH/c1-2-23-17-8-5-14(11-20-17)18(22)21-15-6-3-13(4-7-15)16-12-19-9-10-24-16;/h3-8,11,16,19H,2,9-10,12H2,1H3,(H,21,22);1H. The van der Waals surface area contributed by atoms with Gasteiger partial charge in [0.1, 0.15) is 0 Å². The van der Waals surface area contributed by atoms with Crippen LogP contribution in [0.2, 0.25) is 0 Å². The van der Waals surface area contributed by atoms with E-state index in [1.54, 1.807) is 12.1 Å². The topological polar surface area (TPSA) is 72.5 Å². The van der Waals surface area contributed by atoms with Gasteiger partial charge in [-0.05, 0) is 30.7 Å². The molecule has 0 radical (unpaired) electrons. The molecule has 2 aromatic rings. The molecule has 2 heterocycles. The van der Waals surface area contributed by atoms with Crippen LogP contribution < -0.4 is 15.4 Å². The van der Waals surface area contributed by atoms with Crippen LogP contribution in [-0.2, 0) is 4.74 Å². The van der Waals surface area contributed by atoms with Crippen LogP contribution in [0.3, 0.4) is 0 Å². The molecular formula is C18H22ClN3O3. The molecule has 1 fully saturated rings. The van der Waals surface area contributed by atoms with Crippen LogP contribution in [0, 0.1) is 0 Å². The summed E-state index contributed by atoms with van der Waals surface area (Å²) >= 11 is 0. The molecule has 3 rings (SSSR count). The zero-order valence-corrected chi connectivity index (χ0v) is 14.8. The quantitative estimate of drug-likeness (QED) is 0.854.